The predicted octanol–water partition coefficient (Wildman–Crippen LogP) is 3.82. The molecule has 0 aliphatic carbocycles. The molecular weight excluding hydrogens is 252 g/mol. The molecule has 0 amide bonds. The largest absolute Gasteiger partial charge is 0.478 e. The number of pyridine rings is 1. The molecule has 1 heterocycles. The zero-order chi connectivity index (χ0) is 14.8. The van der Waals surface area contributed by atoms with Crippen molar-refractivity contribution in [3.63, 3.8) is 0 Å². The second-order valence-electron chi connectivity index (χ2n) is 5.69. The normalized spacial score (nSPS) is 11.2. The summed E-state index contributed by atoms with van der Waals surface area (Å²) in [6, 6.07) is 11.0. The Balaban J connectivity index is 2.18. The molecular formula is C16H18N2O2. The number of rotatable bonds is 3. The van der Waals surface area contributed by atoms with Gasteiger partial charge in [-0.1, -0.05) is 32.9 Å². The number of nitrogens with one attached hydrogen (secondary N) is 1. The van der Waals surface area contributed by atoms with Crippen molar-refractivity contribution in [3.05, 3.63) is 53.7 Å². The first-order valence-corrected chi connectivity index (χ1v) is 6.43. The Morgan fingerprint density at radius 1 is 1.15 bits per heavy atom. The molecule has 2 N–H and O–H groups in total. The molecule has 0 saturated heterocycles. The predicted molar refractivity (Wildman–Crippen MR) is 79.6 cm³/mol. The van der Waals surface area contributed by atoms with Gasteiger partial charge in [0.15, 0.2) is 0 Å². The van der Waals surface area contributed by atoms with E-state index in [9.17, 15) is 4.79 Å². The number of hydrogen-bond acceptors (Lipinski definition) is 3. The Kier molecular flexibility index (Phi) is 3.74. The molecule has 1 aromatic heterocycles. The van der Waals surface area contributed by atoms with Crippen molar-refractivity contribution in [1.29, 1.82) is 0 Å². The van der Waals surface area contributed by atoms with Gasteiger partial charge in [-0.2, -0.15) is 0 Å². The minimum Gasteiger partial charge on any atom is -0.478 e. The van der Waals surface area contributed by atoms with Crippen molar-refractivity contribution in [2.45, 2.75) is 26.2 Å². The van der Waals surface area contributed by atoms with Gasteiger partial charge in [0, 0.05) is 11.9 Å². The van der Waals surface area contributed by atoms with Crippen molar-refractivity contribution >= 4 is 17.5 Å². The van der Waals surface area contributed by atoms with Gasteiger partial charge in [-0.15, -0.1) is 0 Å². The Bertz CT molecular complexity index is 613. The fourth-order valence-electron chi connectivity index (χ4n) is 1.83. The molecule has 0 unspecified atom stereocenters. The molecule has 1 aromatic carbocycles. The average Bonchev–Trinajstić information content (AvgIpc) is 2.38. The first-order chi connectivity index (χ1) is 9.36. The maximum Gasteiger partial charge on any atom is 0.335 e. The van der Waals surface area contributed by atoms with E-state index in [1.165, 1.54) is 23.9 Å². The van der Waals surface area contributed by atoms with E-state index < -0.39 is 5.97 Å². The number of carboxylic acid groups (broad SMARTS) is 1. The average molecular weight is 270 g/mol. The zero-order valence-corrected chi connectivity index (χ0v) is 11.8. The first kappa shape index (κ1) is 14.1. The van der Waals surface area contributed by atoms with Gasteiger partial charge in [-0.05, 0) is 35.2 Å². The van der Waals surface area contributed by atoms with E-state index in [1.807, 2.05) is 12.1 Å². The Hall–Kier alpha value is -2.36. The third-order valence-corrected chi connectivity index (χ3v) is 3.03. The van der Waals surface area contributed by atoms with Crippen LogP contribution in [-0.2, 0) is 5.41 Å². The van der Waals surface area contributed by atoms with Gasteiger partial charge in [0.25, 0.3) is 0 Å². The minimum absolute atomic E-state index is 0.111. The lowest BCUT2D eigenvalue weighted by Crippen LogP contribution is -2.10. The number of carbonyl (C=O) groups is 1. The van der Waals surface area contributed by atoms with E-state index in [4.69, 9.17) is 5.11 Å². The summed E-state index contributed by atoms with van der Waals surface area (Å²) in [5.74, 6) is -0.438. The number of aromatic nitrogens is 1. The van der Waals surface area contributed by atoms with Gasteiger partial charge in [0.1, 0.15) is 5.82 Å². The van der Waals surface area contributed by atoms with Crippen LogP contribution in [0.2, 0.25) is 0 Å². The van der Waals surface area contributed by atoms with Crippen molar-refractivity contribution < 1.29 is 9.90 Å². The van der Waals surface area contributed by atoms with E-state index in [2.05, 4.69) is 43.2 Å². The van der Waals surface area contributed by atoms with E-state index in [0.717, 1.165) is 5.69 Å². The first-order valence-electron chi connectivity index (χ1n) is 6.43. The molecule has 4 nitrogen and oxygen atoms in total. The van der Waals surface area contributed by atoms with Crippen LogP contribution in [0.25, 0.3) is 0 Å². The lowest BCUT2D eigenvalue weighted by molar-refractivity contribution is 0.0697. The third kappa shape index (κ3) is 3.35. The smallest absolute Gasteiger partial charge is 0.335 e. The maximum atomic E-state index is 10.9. The Labute approximate surface area is 118 Å². The summed E-state index contributed by atoms with van der Waals surface area (Å²) in [6.07, 6.45) is 1.48. The summed E-state index contributed by atoms with van der Waals surface area (Å²) in [6.45, 7) is 6.48. The summed E-state index contributed by atoms with van der Waals surface area (Å²) in [4.78, 5) is 15.0. The van der Waals surface area contributed by atoms with Crippen LogP contribution in [0.1, 0.15) is 36.7 Å². The highest BCUT2D eigenvalue weighted by Crippen LogP contribution is 2.24. The standard InChI is InChI=1S/C16H18N2O2/c1-16(2,3)12-4-6-13(7-5-12)18-14-10-11(15(19)20)8-9-17-14/h4-10H,1-3H3,(H,17,18)(H,19,20). The molecule has 0 aliphatic heterocycles. The quantitative estimate of drug-likeness (QED) is 0.890. The van der Waals surface area contributed by atoms with E-state index in [-0.39, 0.29) is 11.0 Å². The van der Waals surface area contributed by atoms with Crippen molar-refractivity contribution in [2.24, 2.45) is 0 Å². The molecule has 0 atom stereocenters. The van der Waals surface area contributed by atoms with Gasteiger partial charge in [0.2, 0.25) is 0 Å². The fourth-order valence-corrected chi connectivity index (χ4v) is 1.83. The summed E-state index contributed by atoms with van der Waals surface area (Å²) >= 11 is 0. The molecule has 2 aromatic rings. The summed E-state index contributed by atoms with van der Waals surface area (Å²) in [5.41, 5.74) is 2.46. The van der Waals surface area contributed by atoms with E-state index >= 15 is 0 Å². The number of carboxylic acids is 1. The number of benzene rings is 1. The van der Waals surface area contributed by atoms with Crippen LogP contribution in [0.3, 0.4) is 0 Å². The van der Waals surface area contributed by atoms with Crippen LogP contribution in [0.4, 0.5) is 11.5 Å². The lowest BCUT2D eigenvalue weighted by Gasteiger charge is -2.19. The van der Waals surface area contributed by atoms with Crippen LogP contribution in [0.15, 0.2) is 42.6 Å². The summed E-state index contributed by atoms with van der Waals surface area (Å²) < 4.78 is 0. The molecule has 0 spiro atoms. The number of anilines is 2. The van der Waals surface area contributed by atoms with Gasteiger partial charge >= 0.3 is 5.97 Å². The Morgan fingerprint density at radius 3 is 2.35 bits per heavy atom. The monoisotopic (exact) mass is 270 g/mol. The van der Waals surface area contributed by atoms with Crippen molar-refractivity contribution in [3.8, 4) is 0 Å². The molecule has 0 saturated carbocycles. The second kappa shape index (κ2) is 5.33. The highest BCUT2D eigenvalue weighted by molar-refractivity contribution is 5.88. The van der Waals surface area contributed by atoms with E-state index in [0.29, 0.717) is 5.82 Å². The molecule has 104 valence electrons. The Morgan fingerprint density at radius 2 is 1.80 bits per heavy atom. The number of hydrogen-bond donors (Lipinski definition) is 2. The molecule has 0 fully saturated rings. The van der Waals surface area contributed by atoms with Gasteiger partial charge < -0.3 is 10.4 Å². The topological polar surface area (TPSA) is 62.2 Å². The third-order valence-electron chi connectivity index (χ3n) is 3.03. The molecule has 4 heteroatoms. The molecule has 0 radical (unpaired) electrons. The van der Waals surface area contributed by atoms with Crippen LogP contribution < -0.4 is 5.32 Å². The van der Waals surface area contributed by atoms with Crippen LogP contribution >= 0.6 is 0 Å². The molecule has 2 rings (SSSR count). The number of aromatic carboxylic acids is 1. The number of nitrogens with zero attached hydrogens (tertiary/aromatic N) is 1. The highest BCUT2D eigenvalue weighted by Gasteiger charge is 2.12. The van der Waals surface area contributed by atoms with Crippen molar-refractivity contribution in [2.75, 3.05) is 5.32 Å². The second-order valence-corrected chi connectivity index (χ2v) is 5.69. The summed E-state index contributed by atoms with van der Waals surface area (Å²) in [7, 11) is 0. The molecule has 20 heavy (non-hydrogen) atoms. The van der Waals surface area contributed by atoms with Gasteiger partial charge in [0.05, 0.1) is 5.56 Å². The van der Waals surface area contributed by atoms with Crippen LogP contribution in [0, 0.1) is 0 Å². The summed E-state index contributed by atoms with van der Waals surface area (Å²) in [5, 5.41) is 12.0. The highest BCUT2D eigenvalue weighted by atomic mass is 16.4. The minimum atomic E-state index is -0.960. The SMILES string of the molecule is CC(C)(C)c1ccc(Nc2cc(C(=O)O)ccn2)cc1. The van der Waals surface area contributed by atoms with Gasteiger partial charge in [-0.3, -0.25) is 0 Å². The lowest BCUT2D eigenvalue weighted by atomic mass is 9.87. The van der Waals surface area contributed by atoms with Gasteiger partial charge in [-0.25, -0.2) is 9.78 Å². The van der Waals surface area contributed by atoms with Crippen LogP contribution in [-0.4, -0.2) is 16.1 Å². The molecule has 0 aliphatic rings. The van der Waals surface area contributed by atoms with Crippen LogP contribution in [0.5, 0.6) is 0 Å². The fraction of sp³-hybridized carbons (Fsp3) is 0.250. The molecule has 0 bridgehead atoms. The zero-order valence-electron chi connectivity index (χ0n) is 11.8. The van der Waals surface area contributed by atoms with E-state index in [1.54, 1.807) is 0 Å². The maximum absolute atomic E-state index is 10.9. The van der Waals surface area contributed by atoms with Crippen molar-refractivity contribution in [1.82, 2.24) is 4.98 Å².